The second-order valence-electron chi connectivity index (χ2n) is 3.78. The van der Waals surface area contributed by atoms with Gasteiger partial charge < -0.3 is 0 Å². The van der Waals surface area contributed by atoms with E-state index in [2.05, 4.69) is 0 Å². The zero-order valence-electron chi connectivity index (χ0n) is 6.26. The minimum atomic E-state index is -3.58. The summed E-state index contributed by atoms with van der Waals surface area (Å²) >= 11 is 0. The zero-order valence-corrected chi connectivity index (χ0v) is 7.07. The quantitative estimate of drug-likeness (QED) is 0.664. The average Bonchev–Trinajstić information content (AvgIpc) is 2.27. The molecule has 0 aromatic carbocycles. The van der Waals surface area contributed by atoms with E-state index in [0.717, 1.165) is 0 Å². The first kappa shape index (κ1) is 8.37. The van der Waals surface area contributed by atoms with E-state index >= 15 is 0 Å². The number of hydrogen-bond acceptors (Lipinski definition) is 2. The largest absolute Gasteiger partial charge is 0.254 e. The van der Waals surface area contributed by atoms with Crippen molar-refractivity contribution in [3.8, 4) is 0 Å². The smallest absolute Gasteiger partial charge is 0.228 e. The van der Waals surface area contributed by atoms with E-state index in [0.29, 0.717) is 0 Å². The van der Waals surface area contributed by atoms with Crippen molar-refractivity contribution in [2.45, 2.75) is 30.4 Å². The molecule has 70 valence electrons. The van der Waals surface area contributed by atoms with Crippen molar-refractivity contribution >= 4 is 10.0 Å². The van der Waals surface area contributed by atoms with Crippen LogP contribution >= 0.6 is 0 Å². The molecule has 2 N–H and O–H groups in total. The molecular weight excluding hydrogens is 188 g/mol. The van der Waals surface area contributed by atoms with E-state index in [4.69, 9.17) is 5.14 Å². The van der Waals surface area contributed by atoms with Crippen molar-refractivity contribution in [2.24, 2.45) is 10.6 Å². The standard InChI is InChI=1S/C6H9F2NO2S/c7-6(8)3-5(6)1-4(2-5)12(9,10)11/h4H,1-3H2,(H2,9,10,11). The second-order valence-corrected chi connectivity index (χ2v) is 5.63. The second kappa shape index (κ2) is 1.82. The third-order valence-electron chi connectivity index (χ3n) is 2.91. The molecule has 2 aliphatic rings. The van der Waals surface area contributed by atoms with Gasteiger partial charge in [-0.15, -0.1) is 0 Å². The maximum absolute atomic E-state index is 12.6. The van der Waals surface area contributed by atoms with Gasteiger partial charge in [-0.05, 0) is 12.8 Å². The molecule has 2 aliphatic carbocycles. The van der Waals surface area contributed by atoms with Crippen molar-refractivity contribution in [2.75, 3.05) is 0 Å². The molecule has 3 nitrogen and oxygen atoms in total. The highest BCUT2D eigenvalue weighted by Crippen LogP contribution is 2.71. The van der Waals surface area contributed by atoms with E-state index < -0.39 is 26.6 Å². The molecule has 0 aromatic rings. The molecule has 0 aliphatic heterocycles. The van der Waals surface area contributed by atoms with Crippen molar-refractivity contribution in [1.82, 2.24) is 0 Å². The molecule has 0 heterocycles. The molecule has 0 bridgehead atoms. The third kappa shape index (κ3) is 0.908. The molecule has 0 radical (unpaired) electrons. The van der Waals surface area contributed by atoms with Crippen LogP contribution in [0.5, 0.6) is 0 Å². The SMILES string of the molecule is NS(=O)(=O)C1CC2(C1)CC2(F)F. The van der Waals surface area contributed by atoms with Gasteiger partial charge in [0.2, 0.25) is 10.0 Å². The zero-order chi connectivity index (χ0) is 9.20. The fourth-order valence-electron chi connectivity index (χ4n) is 1.87. The van der Waals surface area contributed by atoms with Gasteiger partial charge in [-0.3, -0.25) is 0 Å². The molecule has 12 heavy (non-hydrogen) atoms. The fraction of sp³-hybridized carbons (Fsp3) is 1.00. The maximum Gasteiger partial charge on any atom is 0.254 e. The number of rotatable bonds is 1. The van der Waals surface area contributed by atoms with Crippen molar-refractivity contribution in [3.63, 3.8) is 0 Å². The van der Waals surface area contributed by atoms with Gasteiger partial charge in [-0.2, -0.15) is 0 Å². The molecule has 1 spiro atoms. The Balaban J connectivity index is 2.03. The van der Waals surface area contributed by atoms with Gasteiger partial charge in [-0.25, -0.2) is 22.3 Å². The van der Waals surface area contributed by atoms with Gasteiger partial charge in [-0.1, -0.05) is 0 Å². The van der Waals surface area contributed by atoms with Gasteiger partial charge >= 0.3 is 0 Å². The number of halogens is 2. The summed E-state index contributed by atoms with van der Waals surface area (Å²) in [6.45, 7) is 0. The lowest BCUT2D eigenvalue weighted by molar-refractivity contribution is 0.0319. The lowest BCUT2D eigenvalue weighted by Crippen LogP contribution is -2.43. The Morgan fingerprint density at radius 2 is 1.75 bits per heavy atom. The Bertz CT molecular complexity index is 318. The molecule has 0 aromatic heterocycles. The topological polar surface area (TPSA) is 60.2 Å². The van der Waals surface area contributed by atoms with E-state index in [-0.39, 0.29) is 19.3 Å². The van der Waals surface area contributed by atoms with Crippen LogP contribution in [0.4, 0.5) is 8.78 Å². The average molecular weight is 197 g/mol. The van der Waals surface area contributed by atoms with Crippen LogP contribution in [0.1, 0.15) is 19.3 Å². The van der Waals surface area contributed by atoms with Crippen LogP contribution in [-0.2, 0) is 10.0 Å². The van der Waals surface area contributed by atoms with Gasteiger partial charge in [0.15, 0.2) is 0 Å². The lowest BCUT2D eigenvalue weighted by atomic mass is 9.80. The van der Waals surface area contributed by atoms with E-state index in [9.17, 15) is 17.2 Å². The maximum atomic E-state index is 12.6. The Kier molecular flexibility index (Phi) is 1.27. The molecule has 6 heteroatoms. The number of sulfonamides is 1. The summed E-state index contributed by atoms with van der Waals surface area (Å²) in [5.74, 6) is -2.63. The highest BCUT2D eigenvalue weighted by molar-refractivity contribution is 7.89. The van der Waals surface area contributed by atoms with Crippen molar-refractivity contribution in [1.29, 1.82) is 0 Å². The summed E-state index contributed by atoms with van der Waals surface area (Å²) in [6, 6.07) is 0. The first-order valence-corrected chi connectivity index (χ1v) is 5.27. The summed E-state index contributed by atoms with van der Waals surface area (Å²) in [5.41, 5.74) is -0.996. The summed E-state index contributed by atoms with van der Waals surface area (Å²) in [5, 5.41) is 4.07. The monoisotopic (exact) mass is 197 g/mol. The third-order valence-corrected chi connectivity index (χ3v) is 4.18. The van der Waals surface area contributed by atoms with Crippen LogP contribution in [0.15, 0.2) is 0 Å². The summed E-state index contributed by atoms with van der Waals surface area (Å²) < 4.78 is 46.5. The number of hydrogen-bond donors (Lipinski definition) is 1. The first-order chi connectivity index (χ1) is 5.27. The Morgan fingerprint density at radius 1 is 1.33 bits per heavy atom. The van der Waals surface area contributed by atoms with Crippen molar-refractivity contribution < 1.29 is 17.2 Å². The van der Waals surface area contributed by atoms with Gasteiger partial charge in [0.1, 0.15) is 0 Å². The van der Waals surface area contributed by atoms with Crippen LogP contribution in [0.25, 0.3) is 0 Å². The normalized spacial score (nSPS) is 44.1. The van der Waals surface area contributed by atoms with Gasteiger partial charge in [0.05, 0.1) is 5.25 Å². The molecule has 2 saturated carbocycles. The van der Waals surface area contributed by atoms with Crippen LogP contribution < -0.4 is 5.14 Å². The Hall–Kier alpha value is -0.230. The molecule has 0 atom stereocenters. The molecular formula is C6H9F2NO2S. The van der Waals surface area contributed by atoms with Crippen LogP contribution in [-0.4, -0.2) is 19.6 Å². The Labute approximate surface area is 69.0 Å². The molecule has 0 unspecified atom stereocenters. The Morgan fingerprint density at radius 3 is 2.00 bits per heavy atom. The van der Waals surface area contributed by atoms with Crippen LogP contribution in [0, 0.1) is 5.41 Å². The van der Waals surface area contributed by atoms with Crippen molar-refractivity contribution in [3.05, 3.63) is 0 Å². The van der Waals surface area contributed by atoms with E-state index in [1.807, 2.05) is 0 Å². The van der Waals surface area contributed by atoms with E-state index in [1.54, 1.807) is 0 Å². The van der Waals surface area contributed by atoms with Gasteiger partial charge in [0.25, 0.3) is 5.92 Å². The lowest BCUT2D eigenvalue weighted by Gasteiger charge is -2.33. The predicted molar refractivity (Wildman–Crippen MR) is 38.1 cm³/mol. The highest BCUT2D eigenvalue weighted by atomic mass is 32.2. The highest BCUT2D eigenvalue weighted by Gasteiger charge is 2.76. The molecule has 2 fully saturated rings. The summed E-state index contributed by atoms with van der Waals surface area (Å²) in [7, 11) is -3.58. The van der Waals surface area contributed by atoms with Crippen LogP contribution in [0.3, 0.4) is 0 Å². The summed E-state index contributed by atoms with van der Waals surface area (Å²) in [6.07, 6.45) is -0.0797. The first-order valence-electron chi connectivity index (χ1n) is 3.66. The molecule has 2 rings (SSSR count). The molecule has 0 amide bonds. The van der Waals surface area contributed by atoms with Gasteiger partial charge in [0, 0.05) is 11.8 Å². The number of alkyl halides is 2. The minimum absolute atomic E-state index is 0.0405. The minimum Gasteiger partial charge on any atom is -0.228 e. The number of primary sulfonamides is 1. The predicted octanol–water partition coefficient (Wildman–Crippen LogP) is 0.463. The number of nitrogens with two attached hydrogens (primary N) is 1. The van der Waals surface area contributed by atoms with E-state index in [1.165, 1.54) is 0 Å². The fourth-order valence-corrected chi connectivity index (χ4v) is 2.97. The summed E-state index contributed by atoms with van der Waals surface area (Å²) in [4.78, 5) is 0. The molecule has 0 saturated heterocycles. The van der Waals surface area contributed by atoms with Crippen LogP contribution in [0.2, 0.25) is 0 Å².